The van der Waals surface area contributed by atoms with Gasteiger partial charge in [0.15, 0.2) is 0 Å². The van der Waals surface area contributed by atoms with E-state index >= 15 is 0 Å². The molecule has 1 aromatic carbocycles. The van der Waals surface area contributed by atoms with Crippen LogP contribution in [0.25, 0.3) is 0 Å². The Balaban J connectivity index is 2.15. The highest BCUT2D eigenvalue weighted by molar-refractivity contribution is 5.29. The highest BCUT2D eigenvalue weighted by Gasteiger charge is 2.12. The van der Waals surface area contributed by atoms with Gasteiger partial charge >= 0.3 is 0 Å². The van der Waals surface area contributed by atoms with Crippen molar-refractivity contribution in [2.75, 3.05) is 14.2 Å². The predicted molar refractivity (Wildman–Crippen MR) is 71.7 cm³/mol. The number of nitrogens with zero attached hydrogens (tertiary/aromatic N) is 2. The molecule has 0 fully saturated rings. The average Bonchev–Trinajstić information content (AvgIpc) is 2.81. The zero-order chi connectivity index (χ0) is 13.0. The molecule has 1 N–H and O–H groups in total. The zero-order valence-electron chi connectivity index (χ0n) is 11.1. The van der Waals surface area contributed by atoms with Crippen LogP contribution in [0.3, 0.4) is 0 Å². The molecular weight excluding hydrogens is 226 g/mol. The highest BCUT2D eigenvalue weighted by atomic mass is 16.5. The third kappa shape index (κ3) is 2.71. The molecule has 0 amide bonds. The Bertz CT molecular complexity index is 490. The zero-order valence-corrected chi connectivity index (χ0v) is 11.1. The van der Waals surface area contributed by atoms with E-state index in [1.807, 2.05) is 43.2 Å². The second kappa shape index (κ2) is 5.69. The van der Waals surface area contributed by atoms with Crippen molar-refractivity contribution in [1.82, 2.24) is 14.9 Å². The molecule has 2 rings (SSSR count). The minimum Gasteiger partial charge on any atom is -0.497 e. The smallest absolute Gasteiger partial charge is 0.118 e. The Labute approximate surface area is 108 Å². The largest absolute Gasteiger partial charge is 0.497 e. The van der Waals surface area contributed by atoms with Gasteiger partial charge in [0.2, 0.25) is 0 Å². The van der Waals surface area contributed by atoms with Crippen LogP contribution in [0, 0.1) is 0 Å². The molecule has 1 unspecified atom stereocenters. The van der Waals surface area contributed by atoms with Gasteiger partial charge in [-0.05, 0) is 24.7 Å². The summed E-state index contributed by atoms with van der Waals surface area (Å²) >= 11 is 0. The van der Waals surface area contributed by atoms with E-state index in [4.69, 9.17) is 4.74 Å². The Morgan fingerprint density at radius 2 is 2.06 bits per heavy atom. The summed E-state index contributed by atoms with van der Waals surface area (Å²) in [7, 11) is 5.67. The van der Waals surface area contributed by atoms with Gasteiger partial charge in [0, 0.05) is 31.9 Å². The summed E-state index contributed by atoms with van der Waals surface area (Å²) < 4.78 is 7.22. The maximum Gasteiger partial charge on any atom is 0.118 e. The molecule has 1 heterocycles. The Kier molecular flexibility index (Phi) is 3.99. The molecule has 0 bridgehead atoms. The number of nitrogens with one attached hydrogen (secondary N) is 1. The molecule has 0 aliphatic carbocycles. The van der Waals surface area contributed by atoms with E-state index in [0.717, 1.165) is 18.0 Å². The first kappa shape index (κ1) is 12.6. The highest BCUT2D eigenvalue weighted by Crippen LogP contribution is 2.20. The number of imidazole rings is 1. The van der Waals surface area contributed by atoms with Crippen LogP contribution in [-0.2, 0) is 13.5 Å². The number of hydrogen-bond donors (Lipinski definition) is 1. The van der Waals surface area contributed by atoms with Crippen molar-refractivity contribution in [3.05, 3.63) is 48.0 Å². The molecule has 0 aliphatic rings. The second-order valence-electron chi connectivity index (χ2n) is 4.27. The minimum atomic E-state index is 0.261. The van der Waals surface area contributed by atoms with Crippen LogP contribution in [-0.4, -0.2) is 23.7 Å². The van der Waals surface area contributed by atoms with Gasteiger partial charge in [0.05, 0.1) is 7.11 Å². The first-order chi connectivity index (χ1) is 8.74. The lowest BCUT2D eigenvalue weighted by atomic mass is 10.0. The lowest BCUT2D eigenvalue weighted by molar-refractivity contribution is 0.414. The number of aryl methyl sites for hydroxylation is 1. The quantitative estimate of drug-likeness (QED) is 0.875. The van der Waals surface area contributed by atoms with Gasteiger partial charge in [0.1, 0.15) is 11.6 Å². The number of ether oxygens (including phenoxy) is 1. The third-order valence-corrected chi connectivity index (χ3v) is 3.17. The van der Waals surface area contributed by atoms with Crippen LogP contribution in [0.2, 0.25) is 0 Å². The van der Waals surface area contributed by atoms with Gasteiger partial charge in [-0.3, -0.25) is 0 Å². The van der Waals surface area contributed by atoms with Crippen LogP contribution in [0.5, 0.6) is 5.75 Å². The summed E-state index contributed by atoms with van der Waals surface area (Å²) in [6.07, 6.45) is 4.67. The lowest BCUT2D eigenvalue weighted by Crippen LogP contribution is -2.20. The van der Waals surface area contributed by atoms with E-state index in [1.165, 1.54) is 5.56 Å². The molecular formula is C14H19N3O. The van der Waals surface area contributed by atoms with Gasteiger partial charge < -0.3 is 14.6 Å². The van der Waals surface area contributed by atoms with E-state index in [2.05, 4.69) is 22.4 Å². The molecule has 0 spiro atoms. The summed E-state index contributed by atoms with van der Waals surface area (Å²) in [6, 6.07) is 8.40. The van der Waals surface area contributed by atoms with Gasteiger partial charge in [-0.2, -0.15) is 0 Å². The normalized spacial score (nSPS) is 12.4. The van der Waals surface area contributed by atoms with Crippen molar-refractivity contribution < 1.29 is 4.74 Å². The van der Waals surface area contributed by atoms with Crippen molar-refractivity contribution >= 4 is 0 Å². The van der Waals surface area contributed by atoms with Crippen LogP contribution < -0.4 is 10.1 Å². The molecule has 1 aromatic heterocycles. The van der Waals surface area contributed by atoms with Gasteiger partial charge in [-0.15, -0.1) is 0 Å². The maximum atomic E-state index is 5.17. The fourth-order valence-electron chi connectivity index (χ4n) is 2.00. The first-order valence-corrected chi connectivity index (χ1v) is 6.02. The second-order valence-corrected chi connectivity index (χ2v) is 4.27. The fraction of sp³-hybridized carbons (Fsp3) is 0.357. The number of aromatic nitrogens is 2. The van der Waals surface area contributed by atoms with Crippen LogP contribution >= 0.6 is 0 Å². The fourth-order valence-corrected chi connectivity index (χ4v) is 2.00. The van der Waals surface area contributed by atoms with Crippen molar-refractivity contribution in [2.45, 2.75) is 12.5 Å². The topological polar surface area (TPSA) is 39.1 Å². The van der Waals surface area contributed by atoms with Gasteiger partial charge in [-0.1, -0.05) is 12.1 Å². The van der Waals surface area contributed by atoms with Crippen molar-refractivity contribution in [3.63, 3.8) is 0 Å². The van der Waals surface area contributed by atoms with Crippen molar-refractivity contribution in [2.24, 2.45) is 7.05 Å². The number of methoxy groups -OCH3 is 1. The summed E-state index contributed by atoms with van der Waals surface area (Å²) in [4.78, 5) is 4.36. The molecule has 0 aliphatic heterocycles. The van der Waals surface area contributed by atoms with Gasteiger partial charge in [-0.25, -0.2) is 4.98 Å². The van der Waals surface area contributed by atoms with Crippen LogP contribution in [0.15, 0.2) is 36.7 Å². The lowest BCUT2D eigenvalue weighted by Gasteiger charge is -2.16. The predicted octanol–water partition coefficient (Wildman–Crippen LogP) is 1.93. The molecule has 4 nitrogen and oxygen atoms in total. The van der Waals surface area contributed by atoms with Crippen molar-refractivity contribution in [3.8, 4) is 5.75 Å². The maximum absolute atomic E-state index is 5.17. The van der Waals surface area contributed by atoms with E-state index < -0.39 is 0 Å². The van der Waals surface area contributed by atoms with Crippen LogP contribution in [0.1, 0.15) is 17.4 Å². The average molecular weight is 245 g/mol. The van der Waals surface area contributed by atoms with Gasteiger partial charge in [0.25, 0.3) is 0 Å². The van der Waals surface area contributed by atoms with E-state index in [9.17, 15) is 0 Å². The van der Waals surface area contributed by atoms with E-state index in [-0.39, 0.29) is 6.04 Å². The standard InChI is InChI=1S/C14H19N3O/c1-15-13(10-14-16-8-9-17(14)2)11-4-6-12(18-3)7-5-11/h4-9,13,15H,10H2,1-3H3. The number of benzene rings is 1. The Morgan fingerprint density at radius 3 is 2.56 bits per heavy atom. The van der Waals surface area contributed by atoms with E-state index in [0.29, 0.717) is 0 Å². The Morgan fingerprint density at radius 1 is 1.33 bits per heavy atom. The SMILES string of the molecule is CNC(Cc1nccn1C)c1ccc(OC)cc1. The number of hydrogen-bond acceptors (Lipinski definition) is 3. The summed E-state index contributed by atoms with van der Waals surface area (Å²) in [6.45, 7) is 0. The first-order valence-electron chi connectivity index (χ1n) is 6.02. The summed E-state index contributed by atoms with van der Waals surface area (Å²) in [5.74, 6) is 1.95. The monoisotopic (exact) mass is 245 g/mol. The molecule has 2 aromatic rings. The molecule has 0 saturated carbocycles. The third-order valence-electron chi connectivity index (χ3n) is 3.17. The van der Waals surface area contributed by atoms with Crippen LogP contribution in [0.4, 0.5) is 0 Å². The molecule has 4 heteroatoms. The summed E-state index contributed by atoms with van der Waals surface area (Å²) in [5.41, 5.74) is 1.24. The molecule has 96 valence electrons. The molecule has 1 atom stereocenters. The minimum absolute atomic E-state index is 0.261. The summed E-state index contributed by atoms with van der Waals surface area (Å²) in [5, 5.41) is 3.33. The number of likely N-dealkylation sites (N-methyl/N-ethyl adjacent to an activating group) is 1. The van der Waals surface area contributed by atoms with E-state index in [1.54, 1.807) is 7.11 Å². The molecule has 0 saturated heterocycles. The Hall–Kier alpha value is -1.81. The van der Waals surface area contributed by atoms with Crippen molar-refractivity contribution in [1.29, 1.82) is 0 Å². The number of rotatable bonds is 5. The molecule has 18 heavy (non-hydrogen) atoms. The molecule has 0 radical (unpaired) electrons.